The molecule has 142 valence electrons. The third-order valence-electron chi connectivity index (χ3n) is 5.94. The number of carbonyl (C=O) groups is 3. The zero-order chi connectivity index (χ0) is 19.3. The molecule has 1 aliphatic carbocycles. The lowest BCUT2D eigenvalue weighted by molar-refractivity contribution is -0.136. The van der Waals surface area contributed by atoms with Gasteiger partial charge in [0.05, 0.1) is 0 Å². The van der Waals surface area contributed by atoms with Crippen LogP contribution in [0.2, 0.25) is 0 Å². The van der Waals surface area contributed by atoms with Crippen molar-refractivity contribution in [2.75, 3.05) is 0 Å². The van der Waals surface area contributed by atoms with Gasteiger partial charge in [-0.15, -0.1) is 0 Å². The second-order valence-corrected chi connectivity index (χ2v) is 8.48. The van der Waals surface area contributed by atoms with Crippen molar-refractivity contribution in [3.63, 3.8) is 0 Å². The highest BCUT2D eigenvalue weighted by Gasteiger charge is 2.40. The molecule has 5 nitrogen and oxygen atoms in total. The predicted octanol–water partition coefficient (Wildman–Crippen LogP) is 3.18. The van der Waals surface area contributed by atoms with Gasteiger partial charge in [0.15, 0.2) is 0 Å². The van der Waals surface area contributed by atoms with Crippen molar-refractivity contribution in [1.82, 2.24) is 10.2 Å². The normalized spacial score (nSPS) is 24.6. The van der Waals surface area contributed by atoms with Crippen molar-refractivity contribution >= 4 is 23.3 Å². The fourth-order valence-electron chi connectivity index (χ4n) is 4.23. The van der Waals surface area contributed by atoms with E-state index in [9.17, 15) is 18.8 Å². The summed E-state index contributed by atoms with van der Waals surface area (Å²) in [4.78, 5) is 38.0. The number of carbonyl (C=O) groups excluding carboxylic acids is 3. The van der Waals surface area contributed by atoms with E-state index in [1.165, 1.54) is 17.0 Å². The van der Waals surface area contributed by atoms with Crippen LogP contribution in [0.5, 0.6) is 0 Å². The van der Waals surface area contributed by atoms with E-state index in [2.05, 4.69) is 25.2 Å². The van der Waals surface area contributed by atoms with Gasteiger partial charge in [0, 0.05) is 18.5 Å². The van der Waals surface area contributed by atoms with Crippen molar-refractivity contribution < 1.29 is 18.8 Å². The first-order valence-electron chi connectivity index (χ1n) is 9.42. The van der Waals surface area contributed by atoms with Crippen LogP contribution in [0.4, 0.5) is 4.39 Å². The molecule has 0 aromatic heterocycles. The van der Waals surface area contributed by atoms with Crippen molar-refractivity contribution in [3.05, 3.63) is 40.7 Å². The lowest BCUT2D eigenvalue weighted by Crippen LogP contribution is -2.52. The summed E-state index contributed by atoms with van der Waals surface area (Å²) in [5.74, 6) is -1.54. The predicted molar refractivity (Wildman–Crippen MR) is 98.1 cm³/mol. The van der Waals surface area contributed by atoms with E-state index in [-0.39, 0.29) is 30.2 Å². The molecule has 3 amide bonds. The summed E-state index contributed by atoms with van der Waals surface area (Å²) in [6, 6.07) is 2.09. The number of benzene rings is 1. The Balaban J connectivity index is 1.68. The largest absolute Gasteiger partial charge is 0.322 e. The highest BCUT2D eigenvalue weighted by Crippen LogP contribution is 2.41. The summed E-state index contributed by atoms with van der Waals surface area (Å²) in [6.45, 7) is 4.70. The molecule has 0 radical (unpaired) electrons. The summed E-state index contributed by atoms with van der Waals surface area (Å²) >= 11 is 0. The average Bonchev–Trinajstić information content (AvgIpc) is 2.91. The Hall–Kier alpha value is -2.50. The van der Waals surface area contributed by atoms with Crippen LogP contribution in [0.1, 0.15) is 67.4 Å². The number of amides is 3. The van der Waals surface area contributed by atoms with Gasteiger partial charge in [-0.25, -0.2) is 4.39 Å². The summed E-state index contributed by atoms with van der Waals surface area (Å²) < 4.78 is 14.3. The fourth-order valence-corrected chi connectivity index (χ4v) is 4.23. The molecular weight excluding hydrogens is 347 g/mol. The van der Waals surface area contributed by atoms with E-state index in [1.807, 2.05) is 0 Å². The minimum atomic E-state index is -0.683. The number of hydrogen-bond donors (Lipinski definition) is 1. The maximum Gasteiger partial charge on any atom is 0.255 e. The first kappa shape index (κ1) is 17.9. The zero-order valence-corrected chi connectivity index (χ0v) is 15.6. The first-order chi connectivity index (χ1) is 12.7. The fraction of sp³-hybridized carbons (Fsp3) is 0.476. The van der Waals surface area contributed by atoms with Crippen molar-refractivity contribution in [1.29, 1.82) is 0 Å². The van der Waals surface area contributed by atoms with Gasteiger partial charge >= 0.3 is 0 Å². The maximum atomic E-state index is 14.3. The molecule has 2 heterocycles. The van der Waals surface area contributed by atoms with E-state index >= 15 is 0 Å². The molecule has 0 bridgehead atoms. The zero-order valence-electron chi connectivity index (χ0n) is 15.6. The molecule has 1 unspecified atom stereocenters. The van der Waals surface area contributed by atoms with E-state index < -0.39 is 17.8 Å². The lowest BCUT2D eigenvalue weighted by Gasteiger charge is -2.30. The van der Waals surface area contributed by atoms with E-state index in [4.69, 9.17) is 0 Å². The number of fused-ring (bicyclic) bond motifs is 1. The first-order valence-corrected chi connectivity index (χ1v) is 9.42. The SMILES string of the molecule is CC1(C)CC=C(c2cc(F)cc3c2CN(C2CCC(=O)NC2=O)C3=O)CC1. The Morgan fingerprint density at radius 1 is 1.15 bits per heavy atom. The van der Waals surface area contributed by atoms with Gasteiger partial charge in [-0.3, -0.25) is 19.7 Å². The summed E-state index contributed by atoms with van der Waals surface area (Å²) in [6.07, 6.45) is 5.43. The monoisotopic (exact) mass is 370 g/mol. The molecule has 1 atom stereocenters. The number of halogens is 1. The number of imide groups is 1. The second-order valence-electron chi connectivity index (χ2n) is 8.48. The number of piperidine rings is 1. The quantitative estimate of drug-likeness (QED) is 0.813. The van der Waals surface area contributed by atoms with Crippen molar-refractivity contribution in [2.45, 2.75) is 58.5 Å². The van der Waals surface area contributed by atoms with Gasteiger partial charge in [-0.2, -0.15) is 0 Å². The maximum absolute atomic E-state index is 14.3. The van der Waals surface area contributed by atoms with E-state index in [0.29, 0.717) is 12.0 Å². The average molecular weight is 370 g/mol. The molecule has 27 heavy (non-hydrogen) atoms. The van der Waals surface area contributed by atoms with Crippen LogP contribution in [0.25, 0.3) is 5.57 Å². The van der Waals surface area contributed by atoms with Crippen LogP contribution in [0.15, 0.2) is 18.2 Å². The Kier molecular flexibility index (Phi) is 4.17. The minimum absolute atomic E-state index is 0.206. The highest BCUT2D eigenvalue weighted by atomic mass is 19.1. The number of allylic oxidation sites excluding steroid dienone is 2. The van der Waals surface area contributed by atoms with E-state index in [0.717, 1.165) is 36.0 Å². The molecule has 4 rings (SSSR count). The molecule has 2 aliphatic heterocycles. The number of nitrogens with zero attached hydrogens (tertiary/aromatic N) is 1. The van der Waals surface area contributed by atoms with Gasteiger partial charge in [0.2, 0.25) is 11.8 Å². The third-order valence-corrected chi connectivity index (χ3v) is 5.94. The number of nitrogens with one attached hydrogen (secondary N) is 1. The summed E-state index contributed by atoms with van der Waals surface area (Å²) in [5.41, 5.74) is 3.21. The summed E-state index contributed by atoms with van der Waals surface area (Å²) in [7, 11) is 0. The molecule has 0 spiro atoms. The highest BCUT2D eigenvalue weighted by molar-refractivity contribution is 6.06. The van der Waals surface area contributed by atoms with Gasteiger partial charge in [-0.05, 0) is 59.9 Å². The second kappa shape index (κ2) is 6.29. The molecule has 1 aromatic rings. The van der Waals surface area contributed by atoms with Crippen LogP contribution in [0.3, 0.4) is 0 Å². The topological polar surface area (TPSA) is 66.5 Å². The van der Waals surface area contributed by atoms with Crippen molar-refractivity contribution in [3.8, 4) is 0 Å². The third kappa shape index (κ3) is 3.17. The Bertz CT molecular complexity index is 888. The molecule has 1 aromatic carbocycles. The molecular formula is C21H23FN2O3. The molecule has 1 N–H and O–H groups in total. The minimum Gasteiger partial charge on any atom is -0.322 e. The van der Waals surface area contributed by atoms with Gasteiger partial charge in [-0.1, -0.05) is 19.9 Å². The Labute approximate surface area is 157 Å². The smallest absolute Gasteiger partial charge is 0.255 e. The van der Waals surface area contributed by atoms with E-state index in [1.54, 1.807) is 0 Å². The Morgan fingerprint density at radius 2 is 1.89 bits per heavy atom. The van der Waals surface area contributed by atoms with Gasteiger partial charge < -0.3 is 4.90 Å². The molecule has 0 saturated carbocycles. The lowest BCUT2D eigenvalue weighted by atomic mass is 9.76. The molecule has 1 saturated heterocycles. The summed E-state index contributed by atoms with van der Waals surface area (Å²) in [5, 5.41) is 2.29. The molecule has 6 heteroatoms. The number of hydrogen-bond acceptors (Lipinski definition) is 3. The van der Waals surface area contributed by atoms with Gasteiger partial charge in [0.1, 0.15) is 11.9 Å². The molecule has 1 fully saturated rings. The van der Waals surface area contributed by atoms with Gasteiger partial charge in [0.25, 0.3) is 5.91 Å². The standard InChI is InChI=1S/C21H23FN2O3/c1-21(2)7-5-12(6-8-21)14-9-13(22)10-15-16(14)11-24(20(15)27)17-3-4-18(25)23-19(17)26/h5,9-10,17H,3-4,6-8,11H2,1-2H3,(H,23,25,26). The van der Waals surface area contributed by atoms with Crippen molar-refractivity contribution in [2.24, 2.45) is 5.41 Å². The van der Waals surface area contributed by atoms with Crippen LogP contribution in [-0.2, 0) is 16.1 Å². The van der Waals surface area contributed by atoms with Crippen LogP contribution >= 0.6 is 0 Å². The molecule has 3 aliphatic rings. The van der Waals surface area contributed by atoms with Crippen LogP contribution < -0.4 is 5.32 Å². The van der Waals surface area contributed by atoms with Crippen LogP contribution in [0, 0.1) is 11.2 Å². The number of rotatable bonds is 2. The van der Waals surface area contributed by atoms with Crippen LogP contribution in [-0.4, -0.2) is 28.7 Å². The Morgan fingerprint density at radius 3 is 2.56 bits per heavy atom.